The van der Waals surface area contributed by atoms with Crippen LogP contribution in [0.4, 0.5) is 0 Å². The van der Waals surface area contributed by atoms with Crippen LogP contribution in [-0.4, -0.2) is 17.8 Å². The first-order valence-electron chi connectivity index (χ1n) is 7.70. The van der Waals surface area contributed by atoms with Gasteiger partial charge in [-0.1, -0.05) is 19.8 Å². The lowest BCUT2D eigenvalue weighted by Gasteiger charge is -2.30. The third-order valence-corrected chi connectivity index (χ3v) is 4.84. The molecule has 3 heteroatoms. The molecular formula is C16H25NO2. The van der Waals surface area contributed by atoms with Crippen LogP contribution in [0.3, 0.4) is 0 Å². The van der Waals surface area contributed by atoms with Crippen LogP contribution in [0.2, 0.25) is 0 Å². The highest BCUT2D eigenvalue weighted by atomic mass is 16.3. The molecular weight excluding hydrogens is 238 g/mol. The van der Waals surface area contributed by atoms with E-state index in [4.69, 9.17) is 4.42 Å². The molecule has 19 heavy (non-hydrogen) atoms. The average Bonchev–Trinajstić information content (AvgIpc) is 2.99. The fraction of sp³-hybridized carbons (Fsp3) is 0.750. The highest BCUT2D eigenvalue weighted by molar-refractivity contribution is 5.17. The molecule has 2 N–H and O–H groups in total. The highest BCUT2D eigenvalue weighted by Gasteiger charge is 2.36. The molecule has 1 heterocycles. The van der Waals surface area contributed by atoms with E-state index in [1.807, 2.05) is 0 Å². The van der Waals surface area contributed by atoms with Gasteiger partial charge in [0.1, 0.15) is 11.5 Å². The van der Waals surface area contributed by atoms with Crippen LogP contribution in [0.1, 0.15) is 56.5 Å². The zero-order chi connectivity index (χ0) is 13.2. The first-order chi connectivity index (χ1) is 9.28. The molecule has 1 aromatic rings. The summed E-state index contributed by atoms with van der Waals surface area (Å²) in [5, 5.41) is 13.0. The van der Waals surface area contributed by atoms with Crippen molar-refractivity contribution in [3.05, 3.63) is 23.7 Å². The van der Waals surface area contributed by atoms with E-state index < -0.39 is 0 Å². The summed E-state index contributed by atoms with van der Waals surface area (Å²) in [5.74, 6) is 4.08. The molecule has 0 aliphatic heterocycles. The minimum atomic E-state index is 0.306. The molecule has 2 saturated carbocycles. The fourth-order valence-corrected chi connectivity index (χ4v) is 3.33. The Morgan fingerprint density at radius 2 is 2.11 bits per heavy atom. The van der Waals surface area contributed by atoms with Crippen molar-refractivity contribution in [2.45, 2.75) is 57.5 Å². The number of rotatable bonds is 5. The third-order valence-electron chi connectivity index (χ3n) is 4.84. The van der Waals surface area contributed by atoms with E-state index in [2.05, 4.69) is 24.4 Å². The Kier molecular flexibility index (Phi) is 3.94. The lowest BCUT2D eigenvalue weighted by molar-refractivity contribution is 0.151. The van der Waals surface area contributed by atoms with Gasteiger partial charge in [0.25, 0.3) is 0 Å². The largest absolute Gasteiger partial charge is 0.464 e. The van der Waals surface area contributed by atoms with Crippen LogP contribution in [0.15, 0.2) is 16.5 Å². The molecule has 0 saturated heterocycles. The second-order valence-corrected chi connectivity index (χ2v) is 6.34. The smallest absolute Gasteiger partial charge is 0.117 e. The monoisotopic (exact) mass is 263 g/mol. The number of aliphatic hydroxyl groups excluding tert-OH is 1. The van der Waals surface area contributed by atoms with Gasteiger partial charge in [0.2, 0.25) is 0 Å². The Morgan fingerprint density at radius 1 is 1.32 bits per heavy atom. The molecule has 4 unspecified atom stereocenters. The van der Waals surface area contributed by atoms with Gasteiger partial charge in [-0.3, -0.25) is 0 Å². The molecule has 106 valence electrons. The number of hydrogen-bond donors (Lipinski definition) is 2. The molecule has 2 aliphatic carbocycles. The number of hydrogen-bond acceptors (Lipinski definition) is 3. The maximum Gasteiger partial charge on any atom is 0.117 e. The number of nitrogens with one attached hydrogen (secondary N) is 1. The molecule has 2 fully saturated rings. The molecule has 1 aromatic heterocycles. The van der Waals surface area contributed by atoms with Crippen molar-refractivity contribution >= 4 is 0 Å². The van der Waals surface area contributed by atoms with Crippen LogP contribution in [0, 0.1) is 11.8 Å². The molecule has 3 nitrogen and oxygen atoms in total. The van der Waals surface area contributed by atoms with Crippen molar-refractivity contribution in [3.63, 3.8) is 0 Å². The minimum Gasteiger partial charge on any atom is -0.464 e. The summed E-state index contributed by atoms with van der Waals surface area (Å²) in [4.78, 5) is 0. The maximum atomic E-state index is 9.41. The third kappa shape index (κ3) is 3.03. The van der Waals surface area contributed by atoms with E-state index in [9.17, 15) is 5.11 Å². The van der Waals surface area contributed by atoms with Crippen LogP contribution in [0.25, 0.3) is 0 Å². The van der Waals surface area contributed by atoms with E-state index in [1.54, 1.807) is 0 Å². The van der Waals surface area contributed by atoms with Crippen molar-refractivity contribution in [3.8, 4) is 0 Å². The Balaban J connectivity index is 1.52. The topological polar surface area (TPSA) is 45.4 Å². The zero-order valence-electron chi connectivity index (χ0n) is 11.8. The minimum absolute atomic E-state index is 0.306. The van der Waals surface area contributed by atoms with E-state index in [-0.39, 0.29) is 0 Å². The second-order valence-electron chi connectivity index (χ2n) is 6.34. The van der Waals surface area contributed by atoms with Crippen molar-refractivity contribution in [2.24, 2.45) is 11.8 Å². The standard InChI is InChI=1S/C16H25NO2/c1-11-8-14(11)16-7-6-13(19-16)9-17-15-5-3-2-4-12(15)10-18/h6-7,11-12,14-15,17-18H,2-5,8-10H2,1H3. The van der Waals surface area contributed by atoms with Crippen LogP contribution in [0.5, 0.6) is 0 Å². The molecule has 0 spiro atoms. The first-order valence-corrected chi connectivity index (χ1v) is 7.70. The first kappa shape index (κ1) is 13.2. The Morgan fingerprint density at radius 3 is 2.84 bits per heavy atom. The van der Waals surface area contributed by atoms with Crippen LogP contribution in [-0.2, 0) is 6.54 Å². The zero-order valence-corrected chi connectivity index (χ0v) is 11.8. The van der Waals surface area contributed by atoms with Gasteiger partial charge in [0.05, 0.1) is 6.54 Å². The molecule has 0 aromatic carbocycles. The normalized spacial score (nSPS) is 34.4. The molecule has 0 amide bonds. The Bertz CT molecular complexity index is 415. The number of furan rings is 1. The van der Waals surface area contributed by atoms with Crippen LogP contribution < -0.4 is 5.32 Å². The van der Waals surface area contributed by atoms with Crippen molar-refractivity contribution in [1.82, 2.24) is 5.32 Å². The van der Waals surface area contributed by atoms with Crippen molar-refractivity contribution in [2.75, 3.05) is 6.61 Å². The average molecular weight is 263 g/mol. The van der Waals surface area contributed by atoms with E-state index in [0.717, 1.165) is 30.4 Å². The maximum absolute atomic E-state index is 9.41. The predicted octanol–water partition coefficient (Wildman–Crippen LogP) is 3.04. The lowest BCUT2D eigenvalue weighted by atomic mass is 9.85. The number of aliphatic hydroxyl groups is 1. The summed E-state index contributed by atoms with van der Waals surface area (Å²) < 4.78 is 5.91. The summed E-state index contributed by atoms with van der Waals surface area (Å²) in [6.07, 6.45) is 6.14. The van der Waals surface area contributed by atoms with Gasteiger partial charge in [0.15, 0.2) is 0 Å². The molecule has 0 radical (unpaired) electrons. The van der Waals surface area contributed by atoms with Crippen molar-refractivity contribution in [1.29, 1.82) is 0 Å². The van der Waals surface area contributed by atoms with E-state index in [1.165, 1.54) is 25.7 Å². The van der Waals surface area contributed by atoms with E-state index >= 15 is 0 Å². The summed E-state index contributed by atoms with van der Waals surface area (Å²) in [6.45, 7) is 3.38. The van der Waals surface area contributed by atoms with Crippen molar-refractivity contribution < 1.29 is 9.52 Å². The van der Waals surface area contributed by atoms with Gasteiger partial charge in [-0.25, -0.2) is 0 Å². The van der Waals surface area contributed by atoms with E-state index in [0.29, 0.717) is 24.5 Å². The molecule has 4 atom stereocenters. The lowest BCUT2D eigenvalue weighted by Crippen LogP contribution is -2.39. The SMILES string of the molecule is CC1CC1c1ccc(CNC2CCCCC2CO)o1. The van der Waals surface area contributed by atoms with Gasteiger partial charge in [-0.05, 0) is 43.2 Å². The van der Waals surface area contributed by atoms with Gasteiger partial charge in [0, 0.05) is 18.6 Å². The summed E-state index contributed by atoms with van der Waals surface area (Å²) in [7, 11) is 0. The highest BCUT2D eigenvalue weighted by Crippen LogP contribution is 2.47. The molecule has 0 bridgehead atoms. The quantitative estimate of drug-likeness (QED) is 0.858. The Hall–Kier alpha value is -0.800. The van der Waals surface area contributed by atoms with Crippen LogP contribution >= 0.6 is 0 Å². The molecule has 2 aliphatic rings. The summed E-state index contributed by atoms with van der Waals surface area (Å²) in [6, 6.07) is 4.69. The summed E-state index contributed by atoms with van der Waals surface area (Å²) in [5.41, 5.74) is 0. The predicted molar refractivity (Wildman–Crippen MR) is 74.9 cm³/mol. The van der Waals surface area contributed by atoms with Gasteiger partial charge >= 0.3 is 0 Å². The fourth-order valence-electron chi connectivity index (χ4n) is 3.33. The Labute approximate surface area is 115 Å². The van der Waals surface area contributed by atoms with Gasteiger partial charge in [-0.15, -0.1) is 0 Å². The molecule has 3 rings (SSSR count). The second kappa shape index (κ2) is 5.68. The summed E-state index contributed by atoms with van der Waals surface area (Å²) >= 11 is 0. The van der Waals surface area contributed by atoms with Gasteiger partial charge in [-0.2, -0.15) is 0 Å². The van der Waals surface area contributed by atoms with Gasteiger partial charge < -0.3 is 14.8 Å².